The Morgan fingerprint density at radius 1 is 1.35 bits per heavy atom. The van der Waals surface area contributed by atoms with Gasteiger partial charge >= 0.3 is 0 Å². The van der Waals surface area contributed by atoms with Crippen LogP contribution in [-0.2, 0) is 13.1 Å². The van der Waals surface area contributed by atoms with Crippen molar-refractivity contribution < 1.29 is 0 Å². The van der Waals surface area contributed by atoms with Crippen molar-refractivity contribution in [3.63, 3.8) is 0 Å². The van der Waals surface area contributed by atoms with Gasteiger partial charge in [-0.25, -0.2) is 9.50 Å². The average Bonchev–Trinajstić information content (AvgIpc) is 3.13. The second-order valence-corrected chi connectivity index (χ2v) is 6.24. The number of hydrogen-bond acceptors (Lipinski definition) is 3. The molecule has 0 saturated heterocycles. The average molecular weight is 311 g/mol. The fourth-order valence-electron chi connectivity index (χ4n) is 3.62. The monoisotopic (exact) mass is 311 g/mol. The number of H-pyrrole nitrogens is 1. The van der Waals surface area contributed by atoms with Gasteiger partial charge < -0.3 is 4.57 Å². The summed E-state index contributed by atoms with van der Waals surface area (Å²) in [5, 5.41) is 3.01. The number of aryl methyl sites for hydroxylation is 1. The molecule has 4 heterocycles. The van der Waals surface area contributed by atoms with Gasteiger partial charge in [0.1, 0.15) is 0 Å². The summed E-state index contributed by atoms with van der Waals surface area (Å²) < 4.78 is 3.82. The molecule has 0 amide bonds. The van der Waals surface area contributed by atoms with E-state index in [0.29, 0.717) is 18.2 Å². The molecule has 3 aromatic heterocycles. The molecule has 4 rings (SSSR count). The van der Waals surface area contributed by atoms with Gasteiger partial charge in [0.25, 0.3) is 5.56 Å². The number of hydrogen-bond donors (Lipinski definition) is 1. The summed E-state index contributed by atoms with van der Waals surface area (Å²) in [5.41, 5.74) is 3.78. The number of rotatable bonds is 3. The first kappa shape index (κ1) is 14.3. The lowest BCUT2D eigenvalue weighted by molar-refractivity contribution is 0.142. The summed E-state index contributed by atoms with van der Waals surface area (Å²) in [6, 6.07) is 8.24. The number of nitrogens with one attached hydrogen (secondary N) is 1. The Morgan fingerprint density at radius 2 is 2.22 bits per heavy atom. The van der Waals surface area contributed by atoms with Crippen LogP contribution in [0, 0.1) is 6.92 Å². The predicted molar refractivity (Wildman–Crippen MR) is 88.4 cm³/mol. The Labute approximate surface area is 134 Å². The van der Waals surface area contributed by atoms with E-state index in [-0.39, 0.29) is 5.56 Å². The van der Waals surface area contributed by atoms with E-state index in [9.17, 15) is 4.79 Å². The maximum Gasteiger partial charge on any atom is 0.272 e. The normalized spacial score (nSPS) is 18.4. The highest BCUT2D eigenvalue weighted by molar-refractivity contribution is 5.39. The Bertz CT molecular complexity index is 903. The summed E-state index contributed by atoms with van der Waals surface area (Å²) in [4.78, 5) is 19.3. The fourth-order valence-corrected chi connectivity index (χ4v) is 3.62. The second kappa shape index (κ2) is 5.38. The van der Waals surface area contributed by atoms with Gasteiger partial charge in [0, 0.05) is 49.4 Å². The van der Waals surface area contributed by atoms with E-state index in [0.717, 1.165) is 30.9 Å². The molecule has 120 valence electrons. The largest absolute Gasteiger partial charge is 0.349 e. The van der Waals surface area contributed by atoms with E-state index in [1.807, 2.05) is 13.0 Å². The quantitative estimate of drug-likeness (QED) is 0.806. The van der Waals surface area contributed by atoms with Gasteiger partial charge in [-0.15, -0.1) is 0 Å². The molecule has 0 aliphatic carbocycles. The minimum Gasteiger partial charge on any atom is -0.349 e. The zero-order valence-corrected chi connectivity index (χ0v) is 13.5. The summed E-state index contributed by atoms with van der Waals surface area (Å²) >= 11 is 0. The van der Waals surface area contributed by atoms with Gasteiger partial charge in [0.2, 0.25) is 0 Å². The van der Waals surface area contributed by atoms with Gasteiger partial charge in [-0.3, -0.25) is 14.8 Å². The summed E-state index contributed by atoms with van der Waals surface area (Å²) in [6.45, 7) is 6.82. The molecule has 0 radical (unpaired) electrons. The van der Waals surface area contributed by atoms with E-state index in [1.165, 1.54) is 10.2 Å². The summed E-state index contributed by atoms with van der Waals surface area (Å²) in [5.74, 6) is 0. The first-order chi connectivity index (χ1) is 11.2. The highest BCUT2D eigenvalue weighted by atomic mass is 16.1. The van der Waals surface area contributed by atoms with Crippen molar-refractivity contribution in [1.29, 1.82) is 0 Å². The number of fused-ring (bicyclic) bond motifs is 2. The Morgan fingerprint density at radius 3 is 3.04 bits per heavy atom. The van der Waals surface area contributed by atoms with Gasteiger partial charge in [-0.05, 0) is 25.5 Å². The van der Waals surface area contributed by atoms with Crippen LogP contribution in [-0.4, -0.2) is 30.6 Å². The van der Waals surface area contributed by atoms with Crippen molar-refractivity contribution in [3.8, 4) is 0 Å². The van der Waals surface area contributed by atoms with Crippen molar-refractivity contribution in [2.45, 2.75) is 39.4 Å². The topological polar surface area (TPSA) is 58.3 Å². The van der Waals surface area contributed by atoms with Gasteiger partial charge in [0.15, 0.2) is 5.65 Å². The molecule has 1 unspecified atom stereocenters. The number of nitrogens with zero attached hydrogens (tertiary/aromatic N) is 4. The smallest absolute Gasteiger partial charge is 0.272 e. The SMILES string of the molecule is CCC1c2cccn2CCN1Cc1cc(=O)n2[nH]c(C)cc2n1. The first-order valence-corrected chi connectivity index (χ1v) is 8.13. The maximum atomic E-state index is 12.2. The van der Waals surface area contributed by atoms with Gasteiger partial charge in [-0.2, -0.15) is 0 Å². The van der Waals surface area contributed by atoms with E-state index in [1.54, 1.807) is 6.07 Å². The lowest BCUT2D eigenvalue weighted by Gasteiger charge is -2.36. The number of aromatic nitrogens is 4. The van der Waals surface area contributed by atoms with Crippen LogP contribution in [0.1, 0.15) is 36.5 Å². The van der Waals surface area contributed by atoms with Crippen molar-refractivity contribution in [2.75, 3.05) is 6.54 Å². The Balaban J connectivity index is 1.66. The minimum absolute atomic E-state index is 0.0495. The highest BCUT2D eigenvalue weighted by Crippen LogP contribution is 2.29. The molecule has 23 heavy (non-hydrogen) atoms. The second-order valence-electron chi connectivity index (χ2n) is 6.24. The lowest BCUT2D eigenvalue weighted by Crippen LogP contribution is -2.37. The molecule has 6 heteroatoms. The van der Waals surface area contributed by atoms with E-state index in [4.69, 9.17) is 0 Å². The fraction of sp³-hybridized carbons (Fsp3) is 0.412. The van der Waals surface area contributed by atoms with Crippen LogP contribution < -0.4 is 5.56 Å². The molecule has 3 aromatic rings. The lowest BCUT2D eigenvalue weighted by atomic mass is 10.1. The molecule has 1 aliphatic rings. The van der Waals surface area contributed by atoms with Crippen molar-refractivity contribution in [1.82, 2.24) is 24.1 Å². The van der Waals surface area contributed by atoms with Crippen molar-refractivity contribution >= 4 is 5.65 Å². The third-order valence-corrected chi connectivity index (χ3v) is 4.66. The van der Waals surface area contributed by atoms with Crippen LogP contribution in [0.25, 0.3) is 5.65 Å². The zero-order valence-electron chi connectivity index (χ0n) is 13.5. The molecule has 0 saturated carbocycles. The molecule has 0 fully saturated rings. The molecular formula is C17H21N5O. The number of aromatic amines is 1. The van der Waals surface area contributed by atoms with Crippen molar-refractivity contribution in [2.24, 2.45) is 0 Å². The van der Waals surface area contributed by atoms with E-state index in [2.05, 4.69) is 44.8 Å². The van der Waals surface area contributed by atoms with Crippen LogP contribution in [0.5, 0.6) is 0 Å². The standard InChI is InChI=1S/C17H21N5O/c1-3-14-15-5-4-6-20(15)7-8-21(14)11-13-10-17(23)22-16(18-13)9-12(2)19-22/h4-6,9-10,14,19H,3,7-8,11H2,1-2H3. The molecule has 1 atom stereocenters. The first-order valence-electron chi connectivity index (χ1n) is 8.13. The minimum atomic E-state index is -0.0495. The summed E-state index contributed by atoms with van der Waals surface area (Å²) in [6.07, 6.45) is 3.20. The van der Waals surface area contributed by atoms with E-state index < -0.39 is 0 Å². The van der Waals surface area contributed by atoms with Crippen LogP contribution in [0.4, 0.5) is 0 Å². The third kappa shape index (κ3) is 2.39. The van der Waals surface area contributed by atoms with Gasteiger partial charge in [0.05, 0.1) is 11.7 Å². The third-order valence-electron chi connectivity index (χ3n) is 4.66. The molecule has 0 bridgehead atoms. The van der Waals surface area contributed by atoms with Crippen LogP contribution >= 0.6 is 0 Å². The Hall–Kier alpha value is -2.34. The molecule has 1 aliphatic heterocycles. The van der Waals surface area contributed by atoms with Crippen LogP contribution in [0.3, 0.4) is 0 Å². The molecule has 1 N–H and O–H groups in total. The Kier molecular flexibility index (Phi) is 3.34. The van der Waals surface area contributed by atoms with Crippen molar-refractivity contribution in [3.05, 3.63) is 57.9 Å². The van der Waals surface area contributed by atoms with E-state index >= 15 is 0 Å². The summed E-state index contributed by atoms with van der Waals surface area (Å²) in [7, 11) is 0. The van der Waals surface area contributed by atoms with Crippen LogP contribution in [0.2, 0.25) is 0 Å². The zero-order chi connectivity index (χ0) is 16.0. The molecule has 6 nitrogen and oxygen atoms in total. The van der Waals surface area contributed by atoms with Crippen LogP contribution in [0.15, 0.2) is 35.3 Å². The highest BCUT2D eigenvalue weighted by Gasteiger charge is 2.26. The predicted octanol–water partition coefficient (Wildman–Crippen LogP) is 2.10. The molecular weight excluding hydrogens is 290 g/mol. The molecule has 0 spiro atoms. The van der Waals surface area contributed by atoms with Gasteiger partial charge in [-0.1, -0.05) is 6.92 Å². The molecule has 0 aromatic carbocycles. The maximum absolute atomic E-state index is 12.2.